The number of hydrogen-bond acceptors (Lipinski definition) is 5. The third kappa shape index (κ3) is 4.75. The Labute approximate surface area is 166 Å². The molecule has 2 aromatic carbocycles. The molecule has 0 atom stereocenters. The zero-order chi connectivity index (χ0) is 19.4. The maximum Gasteiger partial charge on any atom is 0.306 e. The van der Waals surface area contributed by atoms with Gasteiger partial charge in [0.1, 0.15) is 5.75 Å². The summed E-state index contributed by atoms with van der Waals surface area (Å²) in [6, 6.07) is 14.8. The van der Waals surface area contributed by atoms with Crippen molar-refractivity contribution < 1.29 is 19.4 Å². The molecule has 7 heteroatoms. The lowest BCUT2D eigenvalue weighted by molar-refractivity contribution is -0.137. The summed E-state index contributed by atoms with van der Waals surface area (Å²) in [5.74, 6) is -0.458. The van der Waals surface area contributed by atoms with Gasteiger partial charge in [0, 0.05) is 0 Å². The van der Waals surface area contributed by atoms with Gasteiger partial charge in [-0.05, 0) is 48.4 Å². The highest BCUT2D eigenvalue weighted by Gasteiger charge is 2.33. The fraction of sp³-hybridized carbons (Fsp3) is 0.150. The first-order valence-electron chi connectivity index (χ1n) is 8.23. The van der Waals surface area contributed by atoms with Crippen LogP contribution >= 0.6 is 24.0 Å². The number of carbonyl (C=O) groups excluding carboxylic acids is 1. The normalized spacial score (nSPS) is 15.4. The van der Waals surface area contributed by atoms with Crippen molar-refractivity contribution in [3.63, 3.8) is 0 Å². The average molecular weight is 399 g/mol. The summed E-state index contributed by atoms with van der Waals surface area (Å²) in [4.78, 5) is 25.4. The van der Waals surface area contributed by atoms with Crippen LogP contribution in [-0.4, -0.2) is 27.9 Å². The molecule has 0 aromatic heterocycles. The second kappa shape index (κ2) is 8.37. The average Bonchev–Trinajstić information content (AvgIpc) is 2.89. The highest BCUT2D eigenvalue weighted by Crippen LogP contribution is 2.36. The van der Waals surface area contributed by atoms with Crippen LogP contribution in [0.1, 0.15) is 17.5 Å². The van der Waals surface area contributed by atoms with Crippen molar-refractivity contribution in [3.05, 3.63) is 64.6 Å². The monoisotopic (exact) mass is 399 g/mol. The number of aliphatic carboxylic acids is 1. The number of anilines is 1. The van der Waals surface area contributed by atoms with E-state index < -0.39 is 5.97 Å². The van der Waals surface area contributed by atoms with Gasteiger partial charge < -0.3 is 9.84 Å². The van der Waals surface area contributed by atoms with E-state index in [9.17, 15) is 9.59 Å². The van der Waals surface area contributed by atoms with Crippen molar-refractivity contribution in [1.29, 1.82) is 0 Å². The first-order valence-corrected chi connectivity index (χ1v) is 9.46. The number of thioether (sulfide) groups is 1. The molecule has 1 saturated heterocycles. The van der Waals surface area contributed by atoms with Gasteiger partial charge in [0.05, 0.1) is 23.6 Å². The van der Waals surface area contributed by atoms with Gasteiger partial charge in [-0.2, -0.15) is 0 Å². The molecular weight excluding hydrogens is 382 g/mol. The van der Waals surface area contributed by atoms with Crippen molar-refractivity contribution in [2.45, 2.75) is 13.3 Å². The summed E-state index contributed by atoms with van der Waals surface area (Å²) in [5.41, 5.74) is 2.66. The Hall–Kier alpha value is -2.64. The molecule has 5 nitrogen and oxygen atoms in total. The van der Waals surface area contributed by atoms with E-state index in [1.165, 1.54) is 11.8 Å². The number of thiocarbonyl (C=S) groups is 1. The summed E-state index contributed by atoms with van der Waals surface area (Å²) in [7, 11) is 0. The molecular formula is C20H17NO4S2. The molecule has 1 fully saturated rings. The fourth-order valence-corrected chi connectivity index (χ4v) is 3.82. The third-order valence-electron chi connectivity index (χ3n) is 3.82. The van der Waals surface area contributed by atoms with E-state index in [4.69, 9.17) is 22.1 Å². The molecule has 27 heavy (non-hydrogen) atoms. The largest absolute Gasteiger partial charge is 0.493 e. The third-order valence-corrected chi connectivity index (χ3v) is 5.12. The number of aryl methyl sites for hydroxylation is 1. The van der Waals surface area contributed by atoms with Crippen LogP contribution in [0.2, 0.25) is 0 Å². The molecule has 3 rings (SSSR count). The zero-order valence-electron chi connectivity index (χ0n) is 14.5. The standard InChI is InChI=1S/C20H17NO4S2/c1-13-3-2-4-15(11-13)21-19(24)17(27-20(21)26)12-14-5-7-16(8-6-14)25-10-9-18(22)23/h2-8,11-12H,9-10H2,1H3,(H,22,23)/b17-12+. The first kappa shape index (κ1) is 19.1. The zero-order valence-corrected chi connectivity index (χ0v) is 16.2. The van der Waals surface area contributed by atoms with Crippen LogP contribution < -0.4 is 9.64 Å². The number of rotatable bonds is 6. The van der Waals surface area contributed by atoms with Crippen molar-refractivity contribution >= 4 is 51.9 Å². The topological polar surface area (TPSA) is 66.8 Å². The molecule has 1 heterocycles. The predicted molar refractivity (Wildman–Crippen MR) is 111 cm³/mol. The van der Waals surface area contributed by atoms with Crippen LogP contribution in [0.3, 0.4) is 0 Å². The van der Waals surface area contributed by atoms with Gasteiger partial charge in [-0.3, -0.25) is 14.5 Å². The van der Waals surface area contributed by atoms with Crippen LogP contribution in [0.4, 0.5) is 5.69 Å². The van der Waals surface area contributed by atoms with Gasteiger partial charge in [0.25, 0.3) is 5.91 Å². The summed E-state index contributed by atoms with van der Waals surface area (Å²) in [5, 5.41) is 8.62. The highest BCUT2D eigenvalue weighted by atomic mass is 32.2. The van der Waals surface area contributed by atoms with Gasteiger partial charge in [0.2, 0.25) is 0 Å². The summed E-state index contributed by atoms with van der Waals surface area (Å²) in [6.45, 7) is 2.08. The van der Waals surface area contributed by atoms with Crippen molar-refractivity contribution in [3.8, 4) is 5.75 Å². The minimum atomic E-state index is -0.901. The molecule has 0 spiro atoms. The van der Waals surface area contributed by atoms with Crippen molar-refractivity contribution in [2.75, 3.05) is 11.5 Å². The van der Waals surface area contributed by atoms with Gasteiger partial charge in [-0.15, -0.1) is 0 Å². The molecule has 1 amide bonds. The van der Waals surface area contributed by atoms with E-state index in [1.54, 1.807) is 23.1 Å². The van der Waals surface area contributed by atoms with E-state index in [1.807, 2.05) is 43.3 Å². The molecule has 0 unspecified atom stereocenters. The SMILES string of the molecule is Cc1cccc(N2C(=O)/C(=C\c3ccc(OCCC(=O)O)cc3)SC2=S)c1. The second-order valence-electron chi connectivity index (χ2n) is 5.92. The Bertz CT molecular complexity index is 922. The van der Waals surface area contributed by atoms with Gasteiger partial charge in [-0.25, -0.2) is 0 Å². The number of amides is 1. The number of carbonyl (C=O) groups is 2. The Morgan fingerprint density at radius 1 is 1.26 bits per heavy atom. The molecule has 0 aliphatic carbocycles. The lowest BCUT2D eigenvalue weighted by Crippen LogP contribution is -2.27. The lowest BCUT2D eigenvalue weighted by atomic mass is 10.2. The van der Waals surface area contributed by atoms with E-state index in [0.717, 1.165) is 16.8 Å². The van der Waals surface area contributed by atoms with Crippen LogP contribution in [0.25, 0.3) is 6.08 Å². The molecule has 0 radical (unpaired) electrons. The lowest BCUT2D eigenvalue weighted by Gasteiger charge is -2.14. The molecule has 0 bridgehead atoms. The maximum atomic E-state index is 12.8. The summed E-state index contributed by atoms with van der Waals surface area (Å²) >= 11 is 6.66. The Morgan fingerprint density at radius 2 is 2.00 bits per heavy atom. The smallest absolute Gasteiger partial charge is 0.306 e. The quantitative estimate of drug-likeness (QED) is 0.578. The van der Waals surface area contributed by atoms with Gasteiger partial charge in [0.15, 0.2) is 4.32 Å². The number of benzene rings is 2. The van der Waals surface area contributed by atoms with Crippen molar-refractivity contribution in [2.24, 2.45) is 0 Å². The summed E-state index contributed by atoms with van der Waals surface area (Å²) in [6.07, 6.45) is 1.74. The number of hydrogen-bond donors (Lipinski definition) is 1. The highest BCUT2D eigenvalue weighted by molar-refractivity contribution is 8.27. The molecule has 138 valence electrons. The van der Waals surface area contributed by atoms with E-state index >= 15 is 0 Å². The fourth-order valence-electron chi connectivity index (χ4n) is 2.53. The predicted octanol–water partition coefficient (Wildman–Crippen LogP) is 4.25. The van der Waals surface area contributed by atoms with Crippen molar-refractivity contribution in [1.82, 2.24) is 0 Å². The Morgan fingerprint density at radius 3 is 2.67 bits per heavy atom. The molecule has 2 aromatic rings. The number of carboxylic acid groups (broad SMARTS) is 1. The number of nitrogens with zero attached hydrogens (tertiary/aromatic N) is 1. The van der Waals surface area contributed by atoms with Crippen LogP contribution in [0, 0.1) is 6.92 Å². The number of ether oxygens (including phenoxy) is 1. The van der Waals surface area contributed by atoms with Crippen LogP contribution in [-0.2, 0) is 9.59 Å². The minimum Gasteiger partial charge on any atom is -0.493 e. The van der Waals surface area contributed by atoms with E-state index in [0.29, 0.717) is 15.0 Å². The Kier molecular flexibility index (Phi) is 5.93. The maximum absolute atomic E-state index is 12.8. The van der Waals surface area contributed by atoms with Gasteiger partial charge in [-0.1, -0.05) is 48.2 Å². The van der Waals surface area contributed by atoms with E-state index in [-0.39, 0.29) is 18.9 Å². The molecule has 1 N–H and O–H groups in total. The number of carboxylic acids is 1. The van der Waals surface area contributed by atoms with Crippen LogP contribution in [0.15, 0.2) is 53.4 Å². The molecule has 1 aliphatic rings. The Balaban J connectivity index is 1.73. The van der Waals surface area contributed by atoms with Gasteiger partial charge >= 0.3 is 5.97 Å². The minimum absolute atomic E-state index is 0.0524. The second-order valence-corrected chi connectivity index (χ2v) is 7.59. The molecule has 1 aliphatic heterocycles. The summed E-state index contributed by atoms with van der Waals surface area (Å²) < 4.78 is 5.87. The van der Waals surface area contributed by atoms with Crippen LogP contribution in [0.5, 0.6) is 5.75 Å². The van der Waals surface area contributed by atoms with E-state index in [2.05, 4.69) is 0 Å². The first-order chi connectivity index (χ1) is 12.9. The molecule has 0 saturated carbocycles.